The summed E-state index contributed by atoms with van der Waals surface area (Å²) in [4.78, 5) is 45.8. The molecule has 2 aliphatic rings. The first kappa shape index (κ1) is 26.1. The molecule has 2 heterocycles. The molecular weight excluding hydrogens is 434 g/mol. The van der Waals surface area contributed by atoms with E-state index in [1.54, 1.807) is 0 Å². The van der Waals surface area contributed by atoms with Gasteiger partial charge in [0.1, 0.15) is 12.7 Å². The van der Waals surface area contributed by atoms with Crippen LogP contribution in [0.3, 0.4) is 0 Å². The van der Waals surface area contributed by atoms with Gasteiger partial charge < -0.3 is 29.0 Å². The lowest BCUT2D eigenvalue weighted by molar-refractivity contribution is -0.212. The lowest BCUT2D eigenvalue weighted by atomic mass is 10.00. The molecule has 3 rings (SSSR count). The number of anilines is 1. The highest BCUT2D eigenvalue weighted by atomic mass is 16.6. The molecule has 0 bridgehead atoms. The Bertz CT molecular complexity index is 881. The van der Waals surface area contributed by atoms with Crippen molar-refractivity contribution in [3.63, 3.8) is 0 Å². The van der Waals surface area contributed by atoms with E-state index in [2.05, 4.69) is 13.0 Å². The molecule has 10 nitrogen and oxygen atoms in total. The zero-order valence-electron chi connectivity index (χ0n) is 19.5. The van der Waals surface area contributed by atoms with Gasteiger partial charge in [0.15, 0.2) is 12.3 Å². The van der Waals surface area contributed by atoms with Crippen molar-refractivity contribution in [2.75, 3.05) is 18.1 Å². The molecule has 2 aliphatic heterocycles. The number of aliphatic carboxylic acids is 1. The van der Waals surface area contributed by atoms with E-state index in [1.165, 1.54) is 31.9 Å². The molecule has 0 amide bonds. The number of carbonyl (C=O) groups is 4. The summed E-state index contributed by atoms with van der Waals surface area (Å²) in [5.41, 5.74) is 3.39. The van der Waals surface area contributed by atoms with Gasteiger partial charge >= 0.3 is 17.9 Å². The second-order valence-corrected chi connectivity index (χ2v) is 7.94. The lowest BCUT2D eigenvalue weighted by Crippen LogP contribution is -2.59. The van der Waals surface area contributed by atoms with Crippen LogP contribution in [0.2, 0.25) is 0 Å². The van der Waals surface area contributed by atoms with Crippen LogP contribution in [-0.4, -0.2) is 66.7 Å². The molecule has 1 aromatic carbocycles. The molecule has 1 saturated heterocycles. The van der Waals surface area contributed by atoms with E-state index < -0.39 is 48.4 Å². The summed E-state index contributed by atoms with van der Waals surface area (Å²) in [6.07, 6.45) is -1.56. The van der Waals surface area contributed by atoms with Crippen molar-refractivity contribution in [3.05, 3.63) is 29.3 Å². The van der Waals surface area contributed by atoms with Crippen LogP contribution in [0, 0.1) is 6.92 Å². The fraction of sp³-hybridized carbons (Fsp3) is 0.565. The summed E-state index contributed by atoms with van der Waals surface area (Å²) in [7, 11) is 0. The van der Waals surface area contributed by atoms with Crippen LogP contribution in [0.1, 0.15) is 45.2 Å². The first-order valence-electron chi connectivity index (χ1n) is 10.7. The van der Waals surface area contributed by atoms with E-state index in [-0.39, 0.29) is 13.0 Å². The van der Waals surface area contributed by atoms with Gasteiger partial charge in [-0.3, -0.25) is 19.2 Å². The Morgan fingerprint density at radius 1 is 1.06 bits per heavy atom. The number of nitrogens with zero attached hydrogens (tertiary/aromatic N) is 1. The number of hydrogen-bond donors (Lipinski definition) is 1. The Balaban J connectivity index is 0.000000890. The van der Waals surface area contributed by atoms with Gasteiger partial charge in [0, 0.05) is 46.3 Å². The number of hydrogen-bond acceptors (Lipinski definition) is 9. The van der Waals surface area contributed by atoms with Crippen LogP contribution in [0.4, 0.5) is 5.69 Å². The average Bonchev–Trinajstić information content (AvgIpc) is 3.12. The van der Waals surface area contributed by atoms with Crippen molar-refractivity contribution in [2.24, 2.45) is 0 Å². The topological polar surface area (TPSA) is 129 Å². The SMILES string of the molecule is CC(=O)O.CC(=O)OC[C@@H]1C[C@H](OC(C)=O)[C@@H](OC(C)=O)[C@H](N2CCc3c(C)cccc32)O1. The van der Waals surface area contributed by atoms with Gasteiger partial charge in [-0.15, -0.1) is 0 Å². The number of fused-ring (bicyclic) bond motifs is 1. The van der Waals surface area contributed by atoms with Gasteiger partial charge in [0.2, 0.25) is 0 Å². The van der Waals surface area contributed by atoms with Crippen LogP contribution < -0.4 is 4.90 Å². The van der Waals surface area contributed by atoms with Crippen LogP contribution >= 0.6 is 0 Å². The summed E-state index contributed by atoms with van der Waals surface area (Å²) in [5, 5.41) is 7.42. The molecule has 1 N–H and O–H groups in total. The number of carboxylic acid groups (broad SMARTS) is 1. The Hall–Kier alpha value is -3.14. The minimum Gasteiger partial charge on any atom is -0.481 e. The molecule has 0 aromatic heterocycles. The van der Waals surface area contributed by atoms with Gasteiger partial charge in [-0.2, -0.15) is 0 Å². The van der Waals surface area contributed by atoms with Crippen LogP contribution in [0.15, 0.2) is 18.2 Å². The summed E-state index contributed by atoms with van der Waals surface area (Å²) in [5.74, 6) is -2.21. The Morgan fingerprint density at radius 2 is 1.70 bits per heavy atom. The third-order valence-corrected chi connectivity index (χ3v) is 5.17. The highest BCUT2D eigenvalue weighted by molar-refractivity contribution is 5.68. The third-order valence-electron chi connectivity index (χ3n) is 5.17. The summed E-state index contributed by atoms with van der Waals surface area (Å²) >= 11 is 0. The predicted octanol–water partition coefficient (Wildman–Crippen LogP) is 1.99. The van der Waals surface area contributed by atoms with Crippen molar-refractivity contribution in [2.45, 2.75) is 72.0 Å². The van der Waals surface area contributed by atoms with Crippen LogP contribution in [-0.2, 0) is 44.5 Å². The minimum absolute atomic E-state index is 0.0326. The molecule has 1 aromatic rings. The number of rotatable bonds is 5. The van der Waals surface area contributed by atoms with Crippen molar-refractivity contribution >= 4 is 29.6 Å². The number of ether oxygens (including phenoxy) is 4. The van der Waals surface area contributed by atoms with Gasteiger partial charge in [-0.25, -0.2) is 0 Å². The maximum atomic E-state index is 11.8. The summed E-state index contributed by atoms with van der Waals surface area (Å²) in [6, 6.07) is 6.02. The number of esters is 3. The molecule has 33 heavy (non-hydrogen) atoms. The Labute approximate surface area is 192 Å². The highest BCUT2D eigenvalue weighted by Gasteiger charge is 2.47. The van der Waals surface area contributed by atoms with E-state index >= 15 is 0 Å². The summed E-state index contributed by atoms with van der Waals surface area (Å²) in [6.45, 7) is 7.80. The van der Waals surface area contributed by atoms with E-state index in [4.69, 9.17) is 28.8 Å². The van der Waals surface area contributed by atoms with Gasteiger partial charge in [-0.1, -0.05) is 12.1 Å². The minimum atomic E-state index is -0.833. The maximum Gasteiger partial charge on any atom is 0.303 e. The quantitative estimate of drug-likeness (QED) is 0.509. The largest absolute Gasteiger partial charge is 0.481 e. The molecular formula is C23H31NO9. The zero-order chi connectivity index (χ0) is 24.7. The van der Waals surface area contributed by atoms with Crippen molar-refractivity contribution in [3.8, 4) is 0 Å². The Kier molecular flexibility index (Phi) is 9.22. The fourth-order valence-electron chi connectivity index (χ4n) is 4.03. The standard InChI is InChI=1S/C21H27NO7.C2H4O2/c1-12-6-5-7-18-17(12)8-9-22(18)21-20(28-15(4)25)19(27-14(3)24)10-16(29-21)11-26-13(2)23;1-2(3)4/h5-7,16,19-21H,8-11H2,1-4H3;1H3,(H,3,4)/t16-,19-,20+,21+;/m0./s1. The fourth-order valence-corrected chi connectivity index (χ4v) is 4.03. The molecule has 0 aliphatic carbocycles. The first-order valence-corrected chi connectivity index (χ1v) is 10.7. The smallest absolute Gasteiger partial charge is 0.303 e. The number of carbonyl (C=O) groups excluding carboxylic acids is 3. The number of benzene rings is 1. The second-order valence-electron chi connectivity index (χ2n) is 7.94. The Morgan fingerprint density at radius 3 is 2.27 bits per heavy atom. The van der Waals surface area contributed by atoms with Crippen molar-refractivity contribution < 1.29 is 43.2 Å². The number of carboxylic acids is 1. The van der Waals surface area contributed by atoms with Crippen LogP contribution in [0.5, 0.6) is 0 Å². The van der Waals surface area contributed by atoms with Gasteiger partial charge in [-0.05, 0) is 30.5 Å². The molecule has 10 heteroatoms. The van der Waals surface area contributed by atoms with E-state index in [1.807, 2.05) is 17.0 Å². The highest BCUT2D eigenvalue weighted by Crippen LogP contribution is 2.37. The van der Waals surface area contributed by atoms with E-state index in [0.29, 0.717) is 6.54 Å². The lowest BCUT2D eigenvalue weighted by Gasteiger charge is -2.44. The average molecular weight is 465 g/mol. The zero-order valence-corrected chi connectivity index (χ0v) is 19.5. The molecule has 1 fully saturated rings. The maximum absolute atomic E-state index is 11.8. The normalized spacial score (nSPS) is 23.5. The second kappa shape index (κ2) is 11.6. The van der Waals surface area contributed by atoms with Gasteiger partial charge in [0.25, 0.3) is 5.97 Å². The van der Waals surface area contributed by atoms with Crippen molar-refractivity contribution in [1.29, 1.82) is 0 Å². The number of aryl methyl sites for hydroxylation is 1. The summed E-state index contributed by atoms with van der Waals surface area (Å²) < 4.78 is 22.4. The molecule has 4 atom stereocenters. The van der Waals surface area contributed by atoms with Crippen LogP contribution in [0.25, 0.3) is 0 Å². The molecule has 0 radical (unpaired) electrons. The van der Waals surface area contributed by atoms with E-state index in [0.717, 1.165) is 19.0 Å². The molecule has 0 spiro atoms. The predicted molar refractivity (Wildman–Crippen MR) is 117 cm³/mol. The first-order chi connectivity index (χ1) is 15.5. The van der Waals surface area contributed by atoms with E-state index in [9.17, 15) is 14.4 Å². The van der Waals surface area contributed by atoms with Crippen molar-refractivity contribution in [1.82, 2.24) is 0 Å². The molecule has 0 saturated carbocycles. The third kappa shape index (κ3) is 7.45. The molecule has 0 unspecified atom stereocenters. The van der Waals surface area contributed by atoms with Gasteiger partial charge in [0.05, 0.1) is 6.10 Å². The monoisotopic (exact) mass is 465 g/mol. The molecule has 182 valence electrons.